The normalized spacial score (nSPS) is 14.4. The molecule has 1 aromatic heterocycles. The maximum Gasteiger partial charge on any atom is 0.150 e. The fraction of sp³-hybridized carbons (Fsp3) is 0.267. The van der Waals surface area contributed by atoms with Crippen molar-refractivity contribution < 1.29 is 4.74 Å². The maximum atomic E-state index is 5.91. The molecule has 0 unspecified atom stereocenters. The van der Waals surface area contributed by atoms with Crippen LogP contribution in [0.2, 0.25) is 0 Å². The van der Waals surface area contributed by atoms with Crippen molar-refractivity contribution in [3.05, 3.63) is 52.8 Å². The summed E-state index contributed by atoms with van der Waals surface area (Å²) in [6.07, 6.45) is 6.14. The van der Waals surface area contributed by atoms with Gasteiger partial charge in [0.25, 0.3) is 0 Å². The summed E-state index contributed by atoms with van der Waals surface area (Å²) in [7, 11) is 0. The monoisotopic (exact) mass is 318 g/mol. The Morgan fingerprint density at radius 2 is 2.21 bits per heavy atom. The van der Waals surface area contributed by atoms with Crippen molar-refractivity contribution in [1.29, 1.82) is 0 Å². The molecule has 3 rings (SSSR count). The Labute approximate surface area is 121 Å². The van der Waals surface area contributed by atoms with E-state index in [0.717, 1.165) is 28.1 Å². The van der Waals surface area contributed by atoms with Gasteiger partial charge < -0.3 is 10.1 Å². The van der Waals surface area contributed by atoms with Gasteiger partial charge in [-0.1, -0.05) is 22.0 Å². The molecule has 1 fully saturated rings. The summed E-state index contributed by atoms with van der Waals surface area (Å²) < 4.78 is 6.92. The molecule has 19 heavy (non-hydrogen) atoms. The van der Waals surface area contributed by atoms with Crippen LogP contribution in [0.3, 0.4) is 0 Å². The van der Waals surface area contributed by atoms with Crippen LogP contribution in [0.15, 0.2) is 47.2 Å². The molecule has 1 aromatic carbocycles. The van der Waals surface area contributed by atoms with Crippen molar-refractivity contribution >= 4 is 15.9 Å². The molecule has 0 aliphatic heterocycles. The number of hydrogen-bond acceptors (Lipinski definition) is 3. The summed E-state index contributed by atoms with van der Waals surface area (Å²) in [5.74, 6) is 1.63. The SMILES string of the molecule is Brc1cccc(Oc2cnccc2CNC2CC2)c1. The molecule has 0 radical (unpaired) electrons. The molecule has 0 spiro atoms. The first kappa shape index (κ1) is 12.6. The highest BCUT2D eigenvalue weighted by atomic mass is 79.9. The molecule has 0 atom stereocenters. The molecule has 3 nitrogen and oxygen atoms in total. The first-order chi connectivity index (χ1) is 9.31. The van der Waals surface area contributed by atoms with Crippen molar-refractivity contribution in [2.24, 2.45) is 0 Å². The van der Waals surface area contributed by atoms with Gasteiger partial charge in [0.2, 0.25) is 0 Å². The van der Waals surface area contributed by atoms with Crippen LogP contribution in [0, 0.1) is 0 Å². The van der Waals surface area contributed by atoms with Crippen molar-refractivity contribution in [2.75, 3.05) is 0 Å². The molecular formula is C15H15BrN2O. The fourth-order valence-electron chi connectivity index (χ4n) is 1.85. The van der Waals surface area contributed by atoms with Crippen LogP contribution in [-0.4, -0.2) is 11.0 Å². The van der Waals surface area contributed by atoms with E-state index in [-0.39, 0.29) is 0 Å². The van der Waals surface area contributed by atoms with E-state index in [1.807, 2.05) is 30.3 Å². The number of aromatic nitrogens is 1. The van der Waals surface area contributed by atoms with Gasteiger partial charge in [0.05, 0.1) is 6.20 Å². The predicted molar refractivity (Wildman–Crippen MR) is 78.3 cm³/mol. The third kappa shape index (κ3) is 3.55. The van der Waals surface area contributed by atoms with Crippen molar-refractivity contribution in [2.45, 2.75) is 25.4 Å². The molecule has 1 saturated carbocycles. The molecular weight excluding hydrogens is 304 g/mol. The van der Waals surface area contributed by atoms with E-state index in [9.17, 15) is 0 Å². The number of pyridine rings is 1. The van der Waals surface area contributed by atoms with E-state index in [1.54, 1.807) is 12.4 Å². The van der Waals surface area contributed by atoms with Crippen LogP contribution in [0.25, 0.3) is 0 Å². The molecule has 1 aliphatic carbocycles. The van der Waals surface area contributed by atoms with Crippen molar-refractivity contribution in [3.8, 4) is 11.5 Å². The highest BCUT2D eigenvalue weighted by Crippen LogP contribution is 2.27. The number of ether oxygens (including phenoxy) is 1. The number of halogens is 1. The second kappa shape index (κ2) is 5.72. The van der Waals surface area contributed by atoms with Gasteiger partial charge in [-0.3, -0.25) is 4.98 Å². The van der Waals surface area contributed by atoms with E-state index in [1.165, 1.54) is 12.8 Å². The number of benzene rings is 1. The molecule has 0 saturated heterocycles. The first-order valence-corrected chi connectivity index (χ1v) is 7.20. The van der Waals surface area contributed by atoms with E-state index in [2.05, 4.69) is 26.2 Å². The van der Waals surface area contributed by atoms with Gasteiger partial charge in [-0.15, -0.1) is 0 Å². The van der Waals surface area contributed by atoms with Crippen LogP contribution >= 0.6 is 15.9 Å². The maximum absolute atomic E-state index is 5.91. The van der Waals surface area contributed by atoms with Crippen LogP contribution in [0.5, 0.6) is 11.5 Å². The average Bonchev–Trinajstić information content (AvgIpc) is 3.22. The summed E-state index contributed by atoms with van der Waals surface area (Å²) in [5.41, 5.74) is 1.14. The summed E-state index contributed by atoms with van der Waals surface area (Å²) in [6, 6.07) is 10.5. The molecule has 1 N–H and O–H groups in total. The molecule has 98 valence electrons. The lowest BCUT2D eigenvalue weighted by molar-refractivity contribution is 0.469. The van der Waals surface area contributed by atoms with E-state index in [0.29, 0.717) is 6.04 Å². The van der Waals surface area contributed by atoms with Gasteiger partial charge in [-0.2, -0.15) is 0 Å². The van der Waals surface area contributed by atoms with E-state index >= 15 is 0 Å². The van der Waals surface area contributed by atoms with Gasteiger partial charge in [0.1, 0.15) is 11.5 Å². The molecule has 0 amide bonds. The summed E-state index contributed by atoms with van der Waals surface area (Å²) >= 11 is 3.44. The Hall–Kier alpha value is -1.39. The van der Waals surface area contributed by atoms with Gasteiger partial charge in [-0.25, -0.2) is 0 Å². The Morgan fingerprint density at radius 1 is 1.32 bits per heavy atom. The third-order valence-electron chi connectivity index (χ3n) is 3.05. The number of nitrogens with zero attached hydrogens (tertiary/aromatic N) is 1. The quantitative estimate of drug-likeness (QED) is 0.908. The smallest absolute Gasteiger partial charge is 0.150 e. The Balaban J connectivity index is 1.75. The lowest BCUT2D eigenvalue weighted by Gasteiger charge is -2.11. The fourth-order valence-corrected chi connectivity index (χ4v) is 2.22. The lowest BCUT2D eigenvalue weighted by atomic mass is 10.2. The largest absolute Gasteiger partial charge is 0.455 e. The molecule has 1 aliphatic rings. The topological polar surface area (TPSA) is 34.1 Å². The van der Waals surface area contributed by atoms with E-state index < -0.39 is 0 Å². The molecule has 2 aromatic rings. The van der Waals surface area contributed by atoms with Crippen LogP contribution < -0.4 is 10.1 Å². The van der Waals surface area contributed by atoms with Crippen molar-refractivity contribution in [3.63, 3.8) is 0 Å². The Morgan fingerprint density at radius 3 is 3.00 bits per heavy atom. The summed E-state index contributed by atoms with van der Waals surface area (Å²) in [4.78, 5) is 4.14. The van der Waals surface area contributed by atoms with E-state index in [4.69, 9.17) is 4.74 Å². The molecule has 0 bridgehead atoms. The Bertz CT molecular complexity index is 570. The zero-order valence-corrected chi connectivity index (χ0v) is 12.1. The van der Waals surface area contributed by atoms with Gasteiger partial charge in [0, 0.05) is 28.8 Å². The minimum Gasteiger partial charge on any atom is -0.455 e. The predicted octanol–water partition coefficient (Wildman–Crippen LogP) is 3.89. The second-order valence-corrected chi connectivity index (χ2v) is 5.61. The zero-order valence-electron chi connectivity index (χ0n) is 10.5. The third-order valence-corrected chi connectivity index (χ3v) is 3.55. The van der Waals surface area contributed by atoms with Crippen molar-refractivity contribution in [1.82, 2.24) is 10.3 Å². The Kier molecular flexibility index (Phi) is 3.80. The second-order valence-electron chi connectivity index (χ2n) is 4.70. The highest BCUT2D eigenvalue weighted by molar-refractivity contribution is 9.10. The first-order valence-electron chi connectivity index (χ1n) is 6.41. The number of nitrogens with one attached hydrogen (secondary N) is 1. The van der Waals surface area contributed by atoms with Crippen LogP contribution in [0.4, 0.5) is 0 Å². The number of hydrogen-bond donors (Lipinski definition) is 1. The average molecular weight is 319 g/mol. The summed E-state index contributed by atoms with van der Waals surface area (Å²) in [6.45, 7) is 0.830. The lowest BCUT2D eigenvalue weighted by Crippen LogP contribution is -2.15. The van der Waals surface area contributed by atoms with Gasteiger partial charge in [-0.05, 0) is 37.1 Å². The minimum atomic E-state index is 0.687. The van der Waals surface area contributed by atoms with Crippen LogP contribution in [-0.2, 0) is 6.54 Å². The molecule has 1 heterocycles. The minimum absolute atomic E-state index is 0.687. The summed E-state index contributed by atoms with van der Waals surface area (Å²) in [5, 5.41) is 3.49. The van der Waals surface area contributed by atoms with Crippen LogP contribution in [0.1, 0.15) is 18.4 Å². The molecule has 4 heteroatoms. The highest BCUT2D eigenvalue weighted by Gasteiger charge is 2.20. The van der Waals surface area contributed by atoms with Gasteiger partial charge in [0.15, 0.2) is 0 Å². The van der Waals surface area contributed by atoms with Gasteiger partial charge >= 0.3 is 0 Å². The standard InChI is InChI=1S/C15H15BrN2O/c16-12-2-1-3-14(8-12)19-15-10-17-7-6-11(15)9-18-13-4-5-13/h1-3,6-8,10,13,18H,4-5,9H2. The number of rotatable bonds is 5. The zero-order chi connectivity index (χ0) is 13.1.